The number of morpholine rings is 1. The monoisotopic (exact) mass is 544 g/mol. The third-order valence-corrected chi connectivity index (χ3v) is 6.51. The van der Waals surface area contributed by atoms with Crippen LogP contribution in [0.15, 0.2) is 83.3 Å². The van der Waals surface area contributed by atoms with Crippen molar-refractivity contribution in [1.82, 2.24) is 9.96 Å². The van der Waals surface area contributed by atoms with Crippen LogP contribution in [-0.4, -0.2) is 74.4 Å². The van der Waals surface area contributed by atoms with Crippen molar-refractivity contribution >= 4 is 34.2 Å². The Morgan fingerprint density at radius 3 is 2.48 bits per heavy atom. The summed E-state index contributed by atoms with van der Waals surface area (Å²) in [5.74, 6) is 0.0944. The number of hydrogen-bond acceptors (Lipinski definition) is 8. The van der Waals surface area contributed by atoms with Gasteiger partial charge in [-0.25, -0.2) is 5.06 Å². The van der Waals surface area contributed by atoms with Gasteiger partial charge in [0.2, 0.25) is 0 Å². The first kappa shape index (κ1) is 27.2. The van der Waals surface area contributed by atoms with E-state index in [1.807, 2.05) is 24.3 Å². The maximum atomic E-state index is 13.3. The molecule has 1 aliphatic rings. The first-order valence-electron chi connectivity index (χ1n) is 13.2. The summed E-state index contributed by atoms with van der Waals surface area (Å²) in [6.45, 7) is 4.40. The van der Waals surface area contributed by atoms with Gasteiger partial charge in [-0.05, 0) is 48.5 Å². The first-order chi connectivity index (χ1) is 19.6. The Kier molecular flexibility index (Phi) is 8.92. The van der Waals surface area contributed by atoms with Crippen molar-refractivity contribution in [2.24, 2.45) is 0 Å². The number of nitrogens with two attached hydrogens (primary N) is 1. The number of nitrogens with one attached hydrogen (secondary N) is 1. The van der Waals surface area contributed by atoms with Gasteiger partial charge in [0.15, 0.2) is 5.76 Å². The minimum absolute atomic E-state index is 0.175. The van der Waals surface area contributed by atoms with Crippen LogP contribution in [-0.2, 0) is 9.57 Å². The van der Waals surface area contributed by atoms with Gasteiger partial charge in [-0.2, -0.15) is 0 Å². The van der Waals surface area contributed by atoms with E-state index in [4.69, 9.17) is 24.5 Å². The van der Waals surface area contributed by atoms with Gasteiger partial charge in [0.25, 0.3) is 5.91 Å². The molecule has 4 aromatic rings. The number of benzene rings is 3. The van der Waals surface area contributed by atoms with Crippen molar-refractivity contribution in [1.29, 1.82) is 0 Å². The average molecular weight is 545 g/mol. The Bertz CT molecular complexity index is 1400. The summed E-state index contributed by atoms with van der Waals surface area (Å²) in [4.78, 5) is 34.0. The van der Waals surface area contributed by atoms with Crippen LogP contribution >= 0.6 is 0 Å². The number of ether oxygens (including phenoxy) is 2. The van der Waals surface area contributed by atoms with Crippen LogP contribution < -0.4 is 15.8 Å². The van der Waals surface area contributed by atoms with E-state index in [0.717, 1.165) is 18.5 Å². The fraction of sp³-hybridized carbons (Fsp3) is 0.267. The second kappa shape index (κ2) is 13.1. The van der Waals surface area contributed by atoms with Crippen LogP contribution in [0, 0.1) is 0 Å². The molecule has 1 fully saturated rings. The Morgan fingerprint density at radius 1 is 0.950 bits per heavy atom. The van der Waals surface area contributed by atoms with Gasteiger partial charge in [-0.3, -0.25) is 19.3 Å². The van der Waals surface area contributed by atoms with Gasteiger partial charge in [0, 0.05) is 30.6 Å². The molecule has 0 saturated carbocycles. The number of nitrogens with zero attached hydrogens (tertiary/aromatic N) is 2. The van der Waals surface area contributed by atoms with E-state index in [1.54, 1.807) is 54.6 Å². The van der Waals surface area contributed by atoms with E-state index >= 15 is 0 Å². The predicted molar refractivity (Wildman–Crippen MR) is 151 cm³/mol. The molecule has 3 aromatic carbocycles. The molecular formula is C30H32N4O6. The van der Waals surface area contributed by atoms with E-state index in [9.17, 15) is 9.59 Å². The molecule has 5 rings (SSSR count). The molecule has 0 radical (unpaired) electrons. The lowest BCUT2D eigenvalue weighted by Crippen LogP contribution is -2.41. The van der Waals surface area contributed by atoms with Crippen LogP contribution in [0.2, 0.25) is 0 Å². The Balaban J connectivity index is 1.18. The Labute approximate surface area is 232 Å². The summed E-state index contributed by atoms with van der Waals surface area (Å²) in [6.07, 6.45) is 0. The van der Waals surface area contributed by atoms with Gasteiger partial charge in [-0.15, -0.1) is 0 Å². The fourth-order valence-electron chi connectivity index (χ4n) is 4.29. The highest BCUT2D eigenvalue weighted by atomic mass is 16.7. The number of amides is 2. The van der Waals surface area contributed by atoms with Crippen molar-refractivity contribution in [3.63, 3.8) is 0 Å². The number of para-hydroxylation sites is 3. The number of hydrogen-bond donors (Lipinski definition) is 2. The molecule has 0 aliphatic carbocycles. The highest BCUT2D eigenvalue weighted by Gasteiger charge is 2.22. The van der Waals surface area contributed by atoms with Crippen LogP contribution in [0.1, 0.15) is 20.9 Å². The third kappa shape index (κ3) is 6.97. The molecule has 40 heavy (non-hydrogen) atoms. The smallest absolute Gasteiger partial charge is 0.313 e. The maximum Gasteiger partial charge on any atom is 0.313 e. The van der Waals surface area contributed by atoms with Crippen LogP contribution in [0.3, 0.4) is 0 Å². The fourth-order valence-corrected chi connectivity index (χ4v) is 4.29. The van der Waals surface area contributed by atoms with E-state index < -0.39 is 0 Å². The van der Waals surface area contributed by atoms with Crippen LogP contribution in [0.4, 0.5) is 11.4 Å². The minimum atomic E-state index is -0.381. The summed E-state index contributed by atoms with van der Waals surface area (Å²) in [5.41, 5.74) is 8.05. The third-order valence-electron chi connectivity index (χ3n) is 6.51. The van der Waals surface area contributed by atoms with Gasteiger partial charge >= 0.3 is 5.91 Å². The molecule has 3 N–H and O–H groups in total. The maximum absolute atomic E-state index is 13.3. The molecule has 1 saturated heterocycles. The summed E-state index contributed by atoms with van der Waals surface area (Å²) in [6, 6.07) is 23.0. The molecule has 1 aromatic heterocycles. The number of hydroxylamine groups is 2. The first-order valence-corrected chi connectivity index (χ1v) is 13.2. The number of fused-ring (bicyclic) bond motifs is 1. The molecule has 2 amide bonds. The second-order valence-electron chi connectivity index (χ2n) is 9.26. The number of carbonyl (C=O) groups is 2. The molecule has 0 bridgehead atoms. The average Bonchev–Trinajstić information content (AvgIpc) is 3.43. The quantitative estimate of drug-likeness (QED) is 0.214. The highest BCUT2D eigenvalue weighted by Crippen LogP contribution is 2.21. The zero-order chi connectivity index (χ0) is 27.7. The van der Waals surface area contributed by atoms with E-state index in [0.29, 0.717) is 54.6 Å². The van der Waals surface area contributed by atoms with E-state index in [-0.39, 0.29) is 30.7 Å². The second-order valence-corrected chi connectivity index (χ2v) is 9.26. The molecule has 0 spiro atoms. The lowest BCUT2D eigenvalue weighted by atomic mass is 10.2. The Morgan fingerprint density at radius 2 is 1.70 bits per heavy atom. The molecule has 10 heteroatoms. The SMILES string of the molecule is Nc1ccccc1NC(=O)c1ccc(OCCN(OCCN2CCOCC2)C(=O)c2cc3ccccc3o2)cc1. The Hall–Kier alpha value is -4.38. The molecule has 208 valence electrons. The topological polar surface area (TPSA) is 119 Å². The standard InChI is InChI=1S/C30H32N4O6/c31-25-6-2-3-7-26(25)32-29(35)22-9-11-24(12-10-22)38-19-16-34(39-20-15-33-13-17-37-18-14-33)30(36)28-21-23-5-1-4-8-27(23)40-28/h1-12,21H,13-20,31H2,(H,32,35). The molecule has 0 unspecified atom stereocenters. The summed E-state index contributed by atoms with van der Waals surface area (Å²) >= 11 is 0. The van der Waals surface area contributed by atoms with Gasteiger partial charge in [0.1, 0.15) is 17.9 Å². The molecular weight excluding hydrogens is 512 g/mol. The number of anilines is 2. The summed E-state index contributed by atoms with van der Waals surface area (Å²) in [5, 5.41) is 4.92. The molecule has 10 nitrogen and oxygen atoms in total. The highest BCUT2D eigenvalue weighted by molar-refractivity contribution is 6.05. The summed E-state index contributed by atoms with van der Waals surface area (Å²) < 4.78 is 17.0. The van der Waals surface area contributed by atoms with Crippen LogP contribution in [0.25, 0.3) is 11.0 Å². The van der Waals surface area contributed by atoms with Crippen LogP contribution in [0.5, 0.6) is 5.75 Å². The van der Waals surface area contributed by atoms with Crippen molar-refractivity contribution in [2.45, 2.75) is 0 Å². The van der Waals surface area contributed by atoms with Crippen molar-refractivity contribution in [3.05, 3.63) is 90.2 Å². The van der Waals surface area contributed by atoms with Gasteiger partial charge < -0.3 is 24.9 Å². The largest absolute Gasteiger partial charge is 0.492 e. The van der Waals surface area contributed by atoms with Crippen molar-refractivity contribution < 1.29 is 28.3 Å². The van der Waals surface area contributed by atoms with E-state index in [1.165, 1.54) is 5.06 Å². The number of carbonyl (C=O) groups excluding carboxylic acids is 2. The van der Waals surface area contributed by atoms with Gasteiger partial charge in [-0.1, -0.05) is 30.3 Å². The number of furan rings is 1. The van der Waals surface area contributed by atoms with Crippen molar-refractivity contribution in [2.75, 3.05) is 63.7 Å². The summed E-state index contributed by atoms with van der Waals surface area (Å²) in [7, 11) is 0. The van der Waals surface area contributed by atoms with Crippen molar-refractivity contribution in [3.8, 4) is 5.75 Å². The predicted octanol–water partition coefficient (Wildman–Crippen LogP) is 4.05. The molecule has 1 aliphatic heterocycles. The van der Waals surface area contributed by atoms with Gasteiger partial charge in [0.05, 0.1) is 37.7 Å². The zero-order valence-corrected chi connectivity index (χ0v) is 22.1. The minimum Gasteiger partial charge on any atom is -0.492 e. The lowest BCUT2D eigenvalue weighted by molar-refractivity contribution is -0.134. The lowest BCUT2D eigenvalue weighted by Gasteiger charge is -2.27. The number of nitrogen functional groups attached to an aromatic ring is 1. The van der Waals surface area contributed by atoms with E-state index in [2.05, 4.69) is 10.2 Å². The normalized spacial score (nSPS) is 13.7. The number of rotatable bonds is 11. The zero-order valence-electron chi connectivity index (χ0n) is 22.1. The molecule has 2 heterocycles. The molecule has 0 atom stereocenters.